The van der Waals surface area contributed by atoms with Crippen molar-refractivity contribution in [3.63, 3.8) is 0 Å². The molecule has 1 aromatic heterocycles. The lowest BCUT2D eigenvalue weighted by atomic mass is 10.2. The highest BCUT2D eigenvalue weighted by atomic mass is 16.3. The van der Waals surface area contributed by atoms with Gasteiger partial charge in [0.15, 0.2) is 5.76 Å². The Morgan fingerprint density at radius 3 is 2.94 bits per heavy atom. The Morgan fingerprint density at radius 1 is 1.24 bits per heavy atom. The van der Waals surface area contributed by atoms with Gasteiger partial charge in [0.1, 0.15) is 0 Å². The first-order chi connectivity index (χ1) is 8.34. The van der Waals surface area contributed by atoms with Gasteiger partial charge < -0.3 is 9.32 Å². The maximum atomic E-state index is 11.9. The van der Waals surface area contributed by atoms with Crippen LogP contribution in [0.3, 0.4) is 0 Å². The number of fused-ring (bicyclic) bond motifs is 1. The van der Waals surface area contributed by atoms with Gasteiger partial charge in [-0.2, -0.15) is 0 Å². The maximum absolute atomic E-state index is 11.9. The van der Waals surface area contributed by atoms with Crippen molar-refractivity contribution >= 4 is 11.5 Å². The number of hydrogen-bond donors (Lipinski definition) is 0. The van der Waals surface area contributed by atoms with Crippen molar-refractivity contribution in [2.75, 3.05) is 18.0 Å². The van der Waals surface area contributed by atoms with Gasteiger partial charge in [-0.1, -0.05) is 18.2 Å². The smallest absolute Gasteiger partial charge is 0.217 e. The van der Waals surface area contributed by atoms with Gasteiger partial charge in [0.2, 0.25) is 5.78 Å². The predicted molar refractivity (Wildman–Crippen MR) is 65.4 cm³/mol. The van der Waals surface area contributed by atoms with Crippen molar-refractivity contribution in [3.05, 3.63) is 54.0 Å². The molecule has 0 saturated carbocycles. The van der Waals surface area contributed by atoms with Crippen LogP contribution in [-0.2, 0) is 6.42 Å². The Labute approximate surface area is 99.7 Å². The maximum Gasteiger partial charge on any atom is 0.217 e. The minimum atomic E-state index is 0.0340. The fourth-order valence-electron chi connectivity index (χ4n) is 2.26. The Hall–Kier alpha value is -2.03. The lowest BCUT2D eigenvalue weighted by Gasteiger charge is -2.17. The summed E-state index contributed by atoms with van der Waals surface area (Å²) in [6, 6.07) is 11.7. The van der Waals surface area contributed by atoms with Gasteiger partial charge in [0, 0.05) is 12.2 Å². The number of Topliss-reactive ketones (excluding diaryl/α,β-unsaturated/α-hetero) is 1. The van der Waals surface area contributed by atoms with E-state index in [1.807, 2.05) is 12.1 Å². The molecule has 0 N–H and O–H groups in total. The first-order valence-corrected chi connectivity index (χ1v) is 5.74. The fourth-order valence-corrected chi connectivity index (χ4v) is 2.26. The second-order valence-corrected chi connectivity index (χ2v) is 4.20. The number of nitrogens with zero attached hydrogens (tertiary/aromatic N) is 1. The summed E-state index contributed by atoms with van der Waals surface area (Å²) in [5, 5.41) is 0. The van der Waals surface area contributed by atoms with E-state index in [9.17, 15) is 4.79 Å². The summed E-state index contributed by atoms with van der Waals surface area (Å²) in [5.41, 5.74) is 2.49. The predicted octanol–water partition coefficient (Wildman–Crippen LogP) is 2.53. The average molecular weight is 227 g/mol. The van der Waals surface area contributed by atoms with Crippen LogP contribution < -0.4 is 4.90 Å². The van der Waals surface area contributed by atoms with Gasteiger partial charge in [-0.25, -0.2) is 0 Å². The van der Waals surface area contributed by atoms with Crippen molar-refractivity contribution in [2.45, 2.75) is 6.42 Å². The summed E-state index contributed by atoms with van der Waals surface area (Å²) in [5.74, 6) is 0.473. The highest BCUT2D eigenvalue weighted by Gasteiger charge is 2.21. The number of hydrogen-bond acceptors (Lipinski definition) is 3. The van der Waals surface area contributed by atoms with Crippen molar-refractivity contribution in [1.29, 1.82) is 0 Å². The van der Waals surface area contributed by atoms with E-state index in [4.69, 9.17) is 4.42 Å². The van der Waals surface area contributed by atoms with Crippen LogP contribution in [0, 0.1) is 0 Å². The quantitative estimate of drug-likeness (QED) is 0.755. The van der Waals surface area contributed by atoms with Crippen molar-refractivity contribution in [3.8, 4) is 0 Å². The number of benzene rings is 1. The number of ketones is 1. The molecule has 0 bridgehead atoms. The van der Waals surface area contributed by atoms with Gasteiger partial charge in [-0.15, -0.1) is 0 Å². The molecule has 0 fully saturated rings. The van der Waals surface area contributed by atoms with E-state index in [1.165, 1.54) is 17.5 Å². The molecule has 1 aromatic carbocycles. The third-order valence-electron chi connectivity index (χ3n) is 3.11. The molecule has 0 unspecified atom stereocenters. The van der Waals surface area contributed by atoms with E-state index in [2.05, 4.69) is 17.0 Å². The van der Waals surface area contributed by atoms with Gasteiger partial charge in [0.25, 0.3) is 0 Å². The van der Waals surface area contributed by atoms with E-state index in [0.29, 0.717) is 12.3 Å². The highest BCUT2D eigenvalue weighted by molar-refractivity contribution is 5.97. The molecule has 0 amide bonds. The normalized spacial score (nSPS) is 13.8. The first-order valence-electron chi connectivity index (χ1n) is 5.74. The van der Waals surface area contributed by atoms with Crippen molar-refractivity contribution < 1.29 is 9.21 Å². The molecular formula is C14H13NO2. The van der Waals surface area contributed by atoms with Gasteiger partial charge >= 0.3 is 0 Å². The van der Waals surface area contributed by atoms with E-state index in [1.54, 1.807) is 12.1 Å². The molecular weight excluding hydrogens is 214 g/mol. The molecule has 1 aliphatic rings. The third-order valence-corrected chi connectivity index (χ3v) is 3.11. The largest absolute Gasteiger partial charge is 0.461 e. The number of anilines is 1. The molecule has 0 aliphatic carbocycles. The van der Waals surface area contributed by atoms with Crippen LogP contribution in [0.25, 0.3) is 0 Å². The molecule has 2 heterocycles. The lowest BCUT2D eigenvalue weighted by molar-refractivity contribution is 0.0973. The molecule has 2 aromatic rings. The number of carbonyl (C=O) groups excluding carboxylic acids is 1. The van der Waals surface area contributed by atoms with Crippen LogP contribution in [0.2, 0.25) is 0 Å². The first kappa shape index (κ1) is 10.1. The Morgan fingerprint density at radius 2 is 2.12 bits per heavy atom. The molecule has 0 spiro atoms. The lowest BCUT2D eigenvalue weighted by Crippen LogP contribution is -2.27. The van der Waals surface area contributed by atoms with Crippen molar-refractivity contribution in [2.24, 2.45) is 0 Å². The summed E-state index contributed by atoms with van der Waals surface area (Å²) < 4.78 is 5.12. The molecule has 3 rings (SSSR count). The highest BCUT2D eigenvalue weighted by Crippen LogP contribution is 2.27. The summed E-state index contributed by atoms with van der Waals surface area (Å²) in [6.45, 7) is 1.30. The minimum Gasteiger partial charge on any atom is -0.461 e. The number of para-hydroxylation sites is 1. The Kier molecular flexibility index (Phi) is 2.44. The number of rotatable bonds is 3. The zero-order chi connectivity index (χ0) is 11.7. The van der Waals surface area contributed by atoms with Gasteiger partial charge in [-0.05, 0) is 30.2 Å². The van der Waals surface area contributed by atoms with Gasteiger partial charge in [0.05, 0.1) is 12.8 Å². The summed E-state index contributed by atoms with van der Waals surface area (Å²) in [7, 11) is 0. The topological polar surface area (TPSA) is 33.5 Å². The molecule has 0 radical (unpaired) electrons. The molecule has 3 heteroatoms. The third kappa shape index (κ3) is 1.84. The number of carbonyl (C=O) groups is 1. The van der Waals surface area contributed by atoms with E-state index in [0.717, 1.165) is 13.0 Å². The Bertz CT molecular complexity index is 531. The molecule has 0 saturated heterocycles. The second-order valence-electron chi connectivity index (χ2n) is 4.20. The Balaban J connectivity index is 1.78. The van der Waals surface area contributed by atoms with Crippen LogP contribution in [0.4, 0.5) is 5.69 Å². The van der Waals surface area contributed by atoms with E-state index in [-0.39, 0.29) is 5.78 Å². The zero-order valence-electron chi connectivity index (χ0n) is 9.43. The van der Waals surface area contributed by atoms with Crippen LogP contribution in [-0.4, -0.2) is 18.9 Å². The fraction of sp³-hybridized carbons (Fsp3) is 0.214. The van der Waals surface area contributed by atoms with Crippen LogP contribution in [0.1, 0.15) is 16.1 Å². The molecule has 17 heavy (non-hydrogen) atoms. The monoisotopic (exact) mass is 227 g/mol. The minimum absolute atomic E-state index is 0.0340. The van der Waals surface area contributed by atoms with Crippen LogP contribution >= 0.6 is 0 Å². The van der Waals surface area contributed by atoms with Crippen LogP contribution in [0.5, 0.6) is 0 Å². The van der Waals surface area contributed by atoms with E-state index < -0.39 is 0 Å². The van der Waals surface area contributed by atoms with Crippen LogP contribution in [0.15, 0.2) is 47.1 Å². The summed E-state index contributed by atoms with van der Waals surface area (Å²) in [4.78, 5) is 14.0. The molecule has 1 aliphatic heterocycles. The average Bonchev–Trinajstić information content (AvgIpc) is 2.98. The SMILES string of the molecule is O=C(CN1CCc2ccccc21)c1ccco1. The molecule has 86 valence electrons. The van der Waals surface area contributed by atoms with E-state index >= 15 is 0 Å². The standard InChI is InChI=1S/C14H13NO2/c16-13(14-6-3-9-17-14)10-15-8-7-11-4-1-2-5-12(11)15/h1-6,9H,7-8,10H2. The molecule has 0 atom stereocenters. The zero-order valence-corrected chi connectivity index (χ0v) is 9.43. The number of furan rings is 1. The molecule has 3 nitrogen and oxygen atoms in total. The summed E-state index contributed by atoms with van der Waals surface area (Å²) in [6.07, 6.45) is 2.55. The van der Waals surface area contributed by atoms with Gasteiger partial charge in [-0.3, -0.25) is 4.79 Å². The summed E-state index contributed by atoms with van der Waals surface area (Å²) >= 11 is 0. The van der Waals surface area contributed by atoms with Crippen molar-refractivity contribution in [1.82, 2.24) is 0 Å². The second kappa shape index (κ2) is 4.09.